The second-order valence-corrected chi connectivity index (χ2v) is 9.80. The highest BCUT2D eigenvalue weighted by Crippen LogP contribution is 2.47. The van der Waals surface area contributed by atoms with Crippen LogP contribution in [0.5, 0.6) is 0 Å². The fourth-order valence-corrected chi connectivity index (χ4v) is 6.89. The number of thioether (sulfide) groups is 1. The lowest BCUT2D eigenvalue weighted by Gasteiger charge is -2.19. The van der Waals surface area contributed by atoms with E-state index in [2.05, 4.69) is 31.2 Å². The minimum absolute atomic E-state index is 0.573. The number of hydrogen-bond donors (Lipinski definition) is 0. The fraction of sp³-hybridized carbons (Fsp3) is 0.100. The van der Waals surface area contributed by atoms with E-state index in [9.17, 15) is 4.57 Å². The van der Waals surface area contributed by atoms with Crippen molar-refractivity contribution in [1.29, 1.82) is 0 Å². The van der Waals surface area contributed by atoms with E-state index in [0.717, 1.165) is 15.5 Å². The molecule has 3 aromatic carbocycles. The molecule has 3 aromatic rings. The van der Waals surface area contributed by atoms with E-state index in [1.54, 1.807) is 11.8 Å². The molecule has 0 aliphatic carbocycles. The molecule has 0 amide bonds. The number of rotatable bonds is 5. The smallest absolute Gasteiger partial charge is 0.153 e. The minimum atomic E-state index is -2.64. The molecule has 0 fully saturated rings. The summed E-state index contributed by atoms with van der Waals surface area (Å²) in [5.41, 5.74) is 1.81. The van der Waals surface area contributed by atoms with E-state index in [4.69, 9.17) is 0 Å². The van der Waals surface area contributed by atoms with E-state index in [0.29, 0.717) is 5.49 Å². The third-order valence-electron chi connectivity index (χ3n) is 3.78. The minimum Gasteiger partial charge on any atom is -0.313 e. The standard InChI is InChI=1S/C20H19OPS/c1-17-12-14-20(15-13-17)23-16-22(21,18-8-4-2-5-9-18)19-10-6-3-7-11-19/h2-15H,16H2,1H3. The quantitative estimate of drug-likeness (QED) is 0.478. The Kier molecular flexibility index (Phi) is 5.05. The Hall–Kier alpha value is -1.76. The van der Waals surface area contributed by atoms with Gasteiger partial charge in [-0.05, 0) is 19.1 Å². The average molecular weight is 338 g/mol. The summed E-state index contributed by atoms with van der Waals surface area (Å²) < 4.78 is 13.8. The summed E-state index contributed by atoms with van der Waals surface area (Å²) in [5, 5.41) is 1.84. The topological polar surface area (TPSA) is 17.1 Å². The largest absolute Gasteiger partial charge is 0.313 e. The molecular formula is C20H19OPS. The molecular weight excluding hydrogens is 319 g/mol. The van der Waals surface area contributed by atoms with Gasteiger partial charge in [-0.3, -0.25) is 0 Å². The Morgan fingerprint density at radius 3 is 1.70 bits per heavy atom. The second kappa shape index (κ2) is 7.21. The van der Waals surface area contributed by atoms with Crippen molar-refractivity contribution in [1.82, 2.24) is 0 Å². The van der Waals surface area contributed by atoms with Crippen LogP contribution in [0, 0.1) is 6.92 Å². The average Bonchev–Trinajstić information content (AvgIpc) is 2.62. The highest BCUT2D eigenvalue weighted by molar-refractivity contribution is 8.07. The molecule has 0 aromatic heterocycles. The summed E-state index contributed by atoms with van der Waals surface area (Å²) in [7, 11) is -2.64. The van der Waals surface area contributed by atoms with Crippen LogP contribution in [-0.4, -0.2) is 5.49 Å². The summed E-state index contributed by atoms with van der Waals surface area (Å²) in [6.07, 6.45) is 0. The van der Waals surface area contributed by atoms with Gasteiger partial charge >= 0.3 is 0 Å². The van der Waals surface area contributed by atoms with Crippen LogP contribution in [0.2, 0.25) is 0 Å². The molecule has 0 unspecified atom stereocenters. The van der Waals surface area contributed by atoms with E-state index in [-0.39, 0.29) is 0 Å². The van der Waals surface area contributed by atoms with Gasteiger partial charge in [0.25, 0.3) is 0 Å². The van der Waals surface area contributed by atoms with Gasteiger partial charge in [-0.2, -0.15) is 0 Å². The lowest BCUT2D eigenvalue weighted by atomic mass is 10.2. The van der Waals surface area contributed by atoms with Crippen LogP contribution in [-0.2, 0) is 4.57 Å². The zero-order chi connectivity index (χ0) is 16.1. The first kappa shape index (κ1) is 16.1. The zero-order valence-electron chi connectivity index (χ0n) is 13.1. The van der Waals surface area contributed by atoms with E-state index >= 15 is 0 Å². The number of hydrogen-bond acceptors (Lipinski definition) is 2. The van der Waals surface area contributed by atoms with Crippen LogP contribution in [0.3, 0.4) is 0 Å². The zero-order valence-corrected chi connectivity index (χ0v) is 14.8. The van der Waals surface area contributed by atoms with Gasteiger partial charge in [-0.1, -0.05) is 78.4 Å². The summed E-state index contributed by atoms with van der Waals surface area (Å²) >= 11 is 1.66. The van der Waals surface area contributed by atoms with Crippen LogP contribution in [0.1, 0.15) is 5.56 Å². The summed E-state index contributed by atoms with van der Waals surface area (Å²) in [6.45, 7) is 2.08. The third-order valence-corrected chi connectivity index (χ3v) is 8.62. The van der Waals surface area contributed by atoms with Gasteiger partial charge in [0.1, 0.15) is 0 Å². The van der Waals surface area contributed by atoms with Crippen molar-refractivity contribution in [2.45, 2.75) is 11.8 Å². The molecule has 23 heavy (non-hydrogen) atoms. The molecule has 0 radical (unpaired) electrons. The molecule has 0 aliphatic heterocycles. The summed E-state index contributed by atoms with van der Waals surface area (Å²) in [5.74, 6) is 0. The van der Waals surface area contributed by atoms with E-state index in [1.807, 2.05) is 60.7 Å². The van der Waals surface area contributed by atoms with Crippen molar-refractivity contribution in [3.63, 3.8) is 0 Å². The van der Waals surface area contributed by atoms with Crippen LogP contribution < -0.4 is 10.6 Å². The van der Waals surface area contributed by atoms with Crippen LogP contribution in [0.4, 0.5) is 0 Å². The molecule has 0 heterocycles. The first-order chi connectivity index (χ1) is 11.2. The molecule has 3 heteroatoms. The van der Waals surface area contributed by atoms with Crippen molar-refractivity contribution >= 4 is 29.5 Å². The van der Waals surface area contributed by atoms with Gasteiger partial charge in [-0.15, -0.1) is 11.8 Å². The van der Waals surface area contributed by atoms with Gasteiger partial charge in [-0.25, -0.2) is 0 Å². The molecule has 0 spiro atoms. The number of aryl methyl sites for hydroxylation is 1. The molecule has 0 N–H and O–H groups in total. The van der Waals surface area contributed by atoms with Gasteiger partial charge in [0.15, 0.2) is 7.14 Å². The Morgan fingerprint density at radius 2 is 1.22 bits per heavy atom. The molecule has 0 saturated heterocycles. The van der Waals surface area contributed by atoms with Crippen LogP contribution >= 0.6 is 18.9 Å². The predicted molar refractivity (Wildman–Crippen MR) is 102 cm³/mol. The normalized spacial score (nSPS) is 11.3. The predicted octanol–water partition coefficient (Wildman–Crippen LogP) is 5.06. The molecule has 116 valence electrons. The molecule has 0 bridgehead atoms. The fourth-order valence-electron chi connectivity index (χ4n) is 2.44. The Bertz CT molecular complexity index is 755. The Labute approximate surface area is 142 Å². The summed E-state index contributed by atoms with van der Waals surface area (Å²) in [4.78, 5) is 1.16. The lowest BCUT2D eigenvalue weighted by Crippen LogP contribution is -2.17. The van der Waals surface area contributed by atoms with Crippen molar-refractivity contribution in [3.8, 4) is 0 Å². The highest BCUT2D eigenvalue weighted by atomic mass is 32.2. The molecule has 0 saturated carbocycles. The van der Waals surface area contributed by atoms with Crippen molar-refractivity contribution in [2.24, 2.45) is 0 Å². The van der Waals surface area contributed by atoms with Gasteiger partial charge in [0.05, 0.1) is 5.49 Å². The third kappa shape index (κ3) is 3.77. The van der Waals surface area contributed by atoms with Crippen molar-refractivity contribution < 1.29 is 4.57 Å². The van der Waals surface area contributed by atoms with Crippen LogP contribution in [0.25, 0.3) is 0 Å². The van der Waals surface area contributed by atoms with Gasteiger partial charge < -0.3 is 4.57 Å². The SMILES string of the molecule is Cc1ccc(SCP(=O)(c2ccccc2)c2ccccc2)cc1. The Morgan fingerprint density at radius 1 is 0.739 bits per heavy atom. The highest BCUT2D eigenvalue weighted by Gasteiger charge is 2.27. The van der Waals surface area contributed by atoms with E-state index in [1.165, 1.54) is 5.56 Å². The molecule has 3 rings (SSSR count). The first-order valence-electron chi connectivity index (χ1n) is 7.58. The number of benzene rings is 3. The summed E-state index contributed by atoms with van der Waals surface area (Å²) in [6, 6.07) is 28.1. The van der Waals surface area contributed by atoms with Gasteiger partial charge in [0, 0.05) is 15.5 Å². The molecule has 0 aliphatic rings. The van der Waals surface area contributed by atoms with E-state index < -0.39 is 7.14 Å². The van der Waals surface area contributed by atoms with Crippen molar-refractivity contribution in [3.05, 3.63) is 90.5 Å². The molecule has 0 atom stereocenters. The van der Waals surface area contributed by atoms with Crippen LogP contribution in [0.15, 0.2) is 89.8 Å². The maximum Gasteiger partial charge on any atom is 0.153 e. The Balaban J connectivity index is 1.93. The maximum atomic E-state index is 13.8. The van der Waals surface area contributed by atoms with Crippen molar-refractivity contribution in [2.75, 3.05) is 5.49 Å². The monoisotopic (exact) mass is 338 g/mol. The van der Waals surface area contributed by atoms with Gasteiger partial charge in [0.2, 0.25) is 0 Å². The second-order valence-electron chi connectivity index (χ2n) is 5.50. The maximum absolute atomic E-state index is 13.8. The first-order valence-corrected chi connectivity index (χ1v) is 10.5. The lowest BCUT2D eigenvalue weighted by molar-refractivity contribution is 0.590. The molecule has 1 nitrogen and oxygen atoms in total.